The minimum absolute atomic E-state index is 0.0502. The quantitative estimate of drug-likeness (QED) is 0.675. The van der Waals surface area contributed by atoms with Crippen LogP contribution in [0.1, 0.15) is 38.8 Å². The van der Waals surface area contributed by atoms with E-state index in [1.165, 1.54) is 4.90 Å². The molecule has 0 spiro atoms. The summed E-state index contributed by atoms with van der Waals surface area (Å²) < 4.78 is 5.68. The molecule has 2 aromatic carbocycles. The van der Waals surface area contributed by atoms with Crippen LogP contribution in [-0.2, 0) is 9.59 Å². The average molecular weight is 413 g/mol. The molecular weight excluding hydrogens is 388 g/mol. The van der Waals surface area contributed by atoms with Gasteiger partial charge in [0.05, 0.1) is 11.7 Å². The molecule has 0 radical (unpaired) electrons. The first-order valence-electron chi connectivity index (χ1n) is 9.61. The van der Waals surface area contributed by atoms with Gasteiger partial charge in [-0.2, -0.15) is 0 Å². The van der Waals surface area contributed by atoms with E-state index in [9.17, 15) is 9.59 Å². The van der Waals surface area contributed by atoms with Gasteiger partial charge in [0.1, 0.15) is 11.4 Å². The van der Waals surface area contributed by atoms with Crippen LogP contribution in [-0.4, -0.2) is 28.9 Å². The molecule has 1 aliphatic heterocycles. The number of hydrogen-bond acceptors (Lipinski definition) is 4. The Labute approximate surface area is 176 Å². The van der Waals surface area contributed by atoms with E-state index in [2.05, 4.69) is 5.32 Å². The molecule has 0 aromatic heterocycles. The molecule has 3 rings (SSSR count). The summed E-state index contributed by atoms with van der Waals surface area (Å²) >= 11 is 6.13. The number of halogens is 1. The van der Waals surface area contributed by atoms with Crippen LogP contribution in [0.5, 0.6) is 5.75 Å². The average Bonchev–Trinajstić information content (AvgIpc) is 2.88. The monoisotopic (exact) mass is 412 g/mol. The van der Waals surface area contributed by atoms with Crippen LogP contribution in [0.15, 0.2) is 48.2 Å². The molecule has 2 amide bonds. The van der Waals surface area contributed by atoms with E-state index >= 15 is 0 Å². The fourth-order valence-electron chi connectivity index (χ4n) is 3.24. The molecule has 0 saturated heterocycles. The highest BCUT2D eigenvalue weighted by atomic mass is 35.5. The maximum absolute atomic E-state index is 13.1. The minimum atomic E-state index is -0.345. The predicted molar refractivity (Wildman–Crippen MR) is 116 cm³/mol. The van der Waals surface area contributed by atoms with Gasteiger partial charge in [-0.3, -0.25) is 14.5 Å². The van der Waals surface area contributed by atoms with E-state index in [1.54, 1.807) is 36.4 Å². The molecule has 0 saturated carbocycles. The zero-order chi connectivity index (χ0) is 21.3. The SMILES string of the molecule is Cc1ccc(Cl)cc1NC1=C(c2ccc(OC(C)C)cc2)C(=O)N(C(C)C)C1=O. The Kier molecular flexibility index (Phi) is 5.99. The molecule has 1 aliphatic rings. The molecule has 29 heavy (non-hydrogen) atoms. The summed E-state index contributed by atoms with van der Waals surface area (Å²) in [5.74, 6) is 0.0497. The standard InChI is InChI=1S/C23H25ClN2O3/c1-13(2)26-22(27)20(16-7-10-18(11-8-16)29-14(3)4)21(23(26)28)25-19-12-17(24)9-6-15(19)5/h6-14,25H,1-5H3. The first-order chi connectivity index (χ1) is 13.7. The molecule has 0 fully saturated rings. The van der Waals surface area contributed by atoms with Crippen molar-refractivity contribution in [2.45, 2.75) is 46.8 Å². The van der Waals surface area contributed by atoms with E-state index in [-0.39, 0.29) is 29.7 Å². The lowest BCUT2D eigenvalue weighted by Crippen LogP contribution is -2.38. The molecule has 0 unspecified atom stereocenters. The number of carbonyl (C=O) groups excluding carboxylic acids is 2. The van der Waals surface area contributed by atoms with Crippen molar-refractivity contribution in [3.05, 3.63) is 64.3 Å². The number of rotatable bonds is 6. The van der Waals surface area contributed by atoms with Crippen molar-refractivity contribution in [2.24, 2.45) is 0 Å². The van der Waals surface area contributed by atoms with Crippen LogP contribution in [0.2, 0.25) is 5.02 Å². The Balaban J connectivity index is 2.07. The third kappa shape index (κ3) is 4.30. The largest absolute Gasteiger partial charge is 0.491 e. The second-order valence-corrected chi connectivity index (χ2v) is 8.04. The van der Waals surface area contributed by atoms with Crippen molar-refractivity contribution in [3.63, 3.8) is 0 Å². The maximum atomic E-state index is 13.1. The van der Waals surface area contributed by atoms with Crippen LogP contribution >= 0.6 is 11.6 Å². The fourth-order valence-corrected chi connectivity index (χ4v) is 3.41. The number of nitrogens with one attached hydrogen (secondary N) is 1. The molecule has 2 aromatic rings. The van der Waals surface area contributed by atoms with Gasteiger partial charge in [0.15, 0.2) is 0 Å². The highest BCUT2D eigenvalue weighted by molar-refractivity contribution is 6.36. The molecule has 1 heterocycles. The zero-order valence-corrected chi connectivity index (χ0v) is 18.0. The topological polar surface area (TPSA) is 58.6 Å². The Morgan fingerprint density at radius 2 is 1.62 bits per heavy atom. The van der Waals surface area contributed by atoms with Gasteiger partial charge in [0, 0.05) is 16.8 Å². The van der Waals surface area contributed by atoms with Gasteiger partial charge in [-0.25, -0.2) is 0 Å². The van der Waals surface area contributed by atoms with Crippen molar-refractivity contribution in [1.29, 1.82) is 0 Å². The summed E-state index contributed by atoms with van der Waals surface area (Å²) in [6.45, 7) is 9.45. The summed E-state index contributed by atoms with van der Waals surface area (Å²) in [6, 6.07) is 12.4. The first kappa shape index (κ1) is 20.9. The summed E-state index contributed by atoms with van der Waals surface area (Å²) in [5, 5.41) is 3.71. The number of benzene rings is 2. The zero-order valence-electron chi connectivity index (χ0n) is 17.2. The Bertz CT molecular complexity index is 978. The van der Waals surface area contributed by atoms with E-state index in [1.807, 2.05) is 40.7 Å². The predicted octanol–water partition coefficient (Wildman–Crippen LogP) is 5.04. The minimum Gasteiger partial charge on any atom is -0.491 e. The van der Waals surface area contributed by atoms with E-state index in [4.69, 9.17) is 16.3 Å². The summed E-state index contributed by atoms with van der Waals surface area (Å²) in [7, 11) is 0. The third-order valence-electron chi connectivity index (χ3n) is 4.61. The number of anilines is 1. The Morgan fingerprint density at radius 1 is 0.966 bits per heavy atom. The number of imide groups is 1. The number of aryl methyl sites for hydroxylation is 1. The smallest absolute Gasteiger partial charge is 0.278 e. The van der Waals surface area contributed by atoms with Crippen molar-refractivity contribution in [2.75, 3.05) is 5.32 Å². The van der Waals surface area contributed by atoms with Crippen LogP contribution in [0.4, 0.5) is 5.69 Å². The first-order valence-corrected chi connectivity index (χ1v) is 9.99. The van der Waals surface area contributed by atoms with E-state index in [0.717, 1.165) is 5.56 Å². The summed E-state index contributed by atoms with van der Waals surface area (Å²) in [4.78, 5) is 27.5. The lowest BCUT2D eigenvalue weighted by molar-refractivity contribution is -0.138. The number of hydrogen-bond donors (Lipinski definition) is 1. The van der Waals surface area contributed by atoms with E-state index < -0.39 is 0 Å². The third-order valence-corrected chi connectivity index (χ3v) is 4.84. The molecule has 1 N–H and O–H groups in total. The van der Waals surface area contributed by atoms with Gasteiger partial charge in [-0.15, -0.1) is 0 Å². The van der Waals surface area contributed by atoms with Gasteiger partial charge >= 0.3 is 0 Å². The number of nitrogens with zero attached hydrogens (tertiary/aromatic N) is 1. The van der Waals surface area contributed by atoms with Crippen LogP contribution < -0.4 is 10.1 Å². The Morgan fingerprint density at radius 3 is 2.21 bits per heavy atom. The molecule has 152 valence electrons. The van der Waals surface area contributed by atoms with Gasteiger partial charge in [-0.1, -0.05) is 29.8 Å². The van der Waals surface area contributed by atoms with Crippen LogP contribution in [0.3, 0.4) is 0 Å². The Hall–Kier alpha value is -2.79. The number of carbonyl (C=O) groups is 2. The molecule has 5 nitrogen and oxygen atoms in total. The lowest BCUT2D eigenvalue weighted by Gasteiger charge is -2.19. The summed E-state index contributed by atoms with van der Waals surface area (Å²) in [6.07, 6.45) is 0.0502. The lowest BCUT2D eigenvalue weighted by atomic mass is 10.0. The van der Waals surface area contributed by atoms with Crippen LogP contribution in [0, 0.1) is 6.92 Å². The van der Waals surface area contributed by atoms with E-state index in [0.29, 0.717) is 27.6 Å². The second kappa shape index (κ2) is 8.29. The van der Waals surface area contributed by atoms with Gasteiger partial charge < -0.3 is 10.1 Å². The summed E-state index contributed by atoms with van der Waals surface area (Å²) in [5.41, 5.74) is 2.87. The van der Waals surface area contributed by atoms with Crippen molar-refractivity contribution in [1.82, 2.24) is 4.90 Å². The second-order valence-electron chi connectivity index (χ2n) is 7.60. The molecule has 0 aliphatic carbocycles. The maximum Gasteiger partial charge on any atom is 0.278 e. The van der Waals surface area contributed by atoms with Crippen molar-refractivity contribution >= 4 is 34.7 Å². The number of amides is 2. The highest BCUT2D eigenvalue weighted by Gasteiger charge is 2.40. The molecular formula is C23H25ClN2O3. The molecule has 6 heteroatoms. The molecule has 0 bridgehead atoms. The van der Waals surface area contributed by atoms with Gasteiger partial charge in [0.25, 0.3) is 11.8 Å². The normalized spacial score (nSPS) is 14.4. The highest BCUT2D eigenvalue weighted by Crippen LogP contribution is 2.33. The fraction of sp³-hybridized carbons (Fsp3) is 0.304. The van der Waals surface area contributed by atoms with Gasteiger partial charge in [0.2, 0.25) is 0 Å². The van der Waals surface area contributed by atoms with Gasteiger partial charge in [-0.05, 0) is 70.0 Å². The van der Waals surface area contributed by atoms with Crippen molar-refractivity contribution < 1.29 is 14.3 Å². The van der Waals surface area contributed by atoms with Crippen LogP contribution in [0.25, 0.3) is 5.57 Å². The van der Waals surface area contributed by atoms with Crippen molar-refractivity contribution in [3.8, 4) is 5.75 Å². The molecule has 0 atom stereocenters. The number of ether oxygens (including phenoxy) is 1.